The van der Waals surface area contributed by atoms with Crippen molar-refractivity contribution in [3.05, 3.63) is 42.4 Å². The van der Waals surface area contributed by atoms with Gasteiger partial charge in [0.05, 0.1) is 0 Å². The molecule has 1 saturated heterocycles. The molecule has 5 nitrogen and oxygen atoms in total. The fourth-order valence-electron chi connectivity index (χ4n) is 4.21. The van der Waals surface area contributed by atoms with Crippen molar-refractivity contribution in [1.82, 2.24) is 14.9 Å². The molecule has 128 valence electrons. The molecule has 3 aromatic rings. The molecule has 0 aliphatic carbocycles. The molecule has 2 aliphatic rings. The van der Waals surface area contributed by atoms with Crippen molar-refractivity contribution < 1.29 is 9.15 Å². The number of likely N-dealkylation sites (N-methyl/N-ethyl adjacent to an activating group) is 1. The first-order chi connectivity index (χ1) is 12.3. The van der Waals surface area contributed by atoms with Crippen LogP contribution in [-0.2, 0) is 6.42 Å². The average Bonchev–Trinajstić information content (AvgIpc) is 3.21. The zero-order valence-electron chi connectivity index (χ0n) is 14.4. The van der Waals surface area contributed by atoms with Gasteiger partial charge in [-0.3, -0.25) is 9.88 Å². The zero-order valence-corrected chi connectivity index (χ0v) is 14.4. The predicted octanol–water partition coefficient (Wildman–Crippen LogP) is 3.68. The lowest BCUT2D eigenvalue weighted by Crippen LogP contribution is -2.51. The number of piperidine rings is 1. The van der Waals surface area contributed by atoms with Crippen LogP contribution < -0.4 is 4.74 Å². The van der Waals surface area contributed by atoms with E-state index in [1.165, 1.54) is 18.5 Å². The van der Waals surface area contributed by atoms with E-state index in [2.05, 4.69) is 27.9 Å². The summed E-state index contributed by atoms with van der Waals surface area (Å²) < 4.78 is 12.0. The summed E-state index contributed by atoms with van der Waals surface area (Å²) in [4.78, 5) is 11.5. The van der Waals surface area contributed by atoms with E-state index >= 15 is 0 Å². The van der Waals surface area contributed by atoms with Gasteiger partial charge in [0.15, 0.2) is 5.58 Å². The van der Waals surface area contributed by atoms with Crippen molar-refractivity contribution in [3.63, 3.8) is 0 Å². The van der Waals surface area contributed by atoms with Crippen LogP contribution in [0.1, 0.15) is 25.3 Å². The van der Waals surface area contributed by atoms with Crippen LogP contribution in [0.3, 0.4) is 0 Å². The number of nitrogens with zero attached hydrogens (tertiary/aromatic N) is 3. The Labute approximate surface area is 146 Å². The summed E-state index contributed by atoms with van der Waals surface area (Å²) in [5, 5.41) is 0. The third kappa shape index (κ3) is 2.42. The van der Waals surface area contributed by atoms with Gasteiger partial charge in [0.25, 0.3) is 0 Å². The summed E-state index contributed by atoms with van der Waals surface area (Å²) >= 11 is 0. The quantitative estimate of drug-likeness (QED) is 0.715. The lowest BCUT2D eigenvalue weighted by molar-refractivity contribution is 0.00781. The third-order valence-electron chi connectivity index (χ3n) is 5.46. The maximum atomic E-state index is 6.34. The van der Waals surface area contributed by atoms with Crippen molar-refractivity contribution in [1.29, 1.82) is 0 Å². The number of hydrogen-bond acceptors (Lipinski definition) is 5. The molecular weight excluding hydrogens is 314 g/mol. The minimum atomic E-state index is -0.0983. The fraction of sp³-hybridized carbons (Fsp3) is 0.400. The van der Waals surface area contributed by atoms with E-state index in [1.54, 1.807) is 12.5 Å². The molecule has 0 radical (unpaired) electrons. The highest BCUT2D eigenvalue weighted by molar-refractivity contribution is 5.90. The number of rotatable bonds is 2. The molecule has 2 aliphatic heterocycles. The molecule has 0 saturated carbocycles. The number of ether oxygens (including phenoxy) is 1. The van der Waals surface area contributed by atoms with E-state index in [-0.39, 0.29) is 5.60 Å². The summed E-state index contributed by atoms with van der Waals surface area (Å²) in [6.45, 7) is 5.45. The molecule has 0 amide bonds. The Balaban J connectivity index is 1.49. The van der Waals surface area contributed by atoms with Crippen LogP contribution in [0.5, 0.6) is 5.88 Å². The molecule has 1 fully saturated rings. The van der Waals surface area contributed by atoms with Crippen LogP contribution in [0.4, 0.5) is 0 Å². The van der Waals surface area contributed by atoms with Gasteiger partial charge in [0.1, 0.15) is 17.4 Å². The number of likely N-dealkylation sites (tertiary alicyclic amines) is 1. The van der Waals surface area contributed by atoms with E-state index in [0.29, 0.717) is 0 Å². The Hall–Kier alpha value is -2.40. The number of hydrogen-bond donors (Lipinski definition) is 0. The van der Waals surface area contributed by atoms with E-state index < -0.39 is 0 Å². The van der Waals surface area contributed by atoms with Crippen molar-refractivity contribution in [2.45, 2.75) is 31.8 Å². The highest BCUT2D eigenvalue weighted by Gasteiger charge is 2.43. The first-order valence-electron chi connectivity index (χ1n) is 8.99. The summed E-state index contributed by atoms with van der Waals surface area (Å²) in [7, 11) is 0. The number of aromatic nitrogens is 2. The monoisotopic (exact) mass is 335 g/mol. The molecule has 25 heavy (non-hydrogen) atoms. The molecule has 0 unspecified atom stereocenters. The van der Waals surface area contributed by atoms with Gasteiger partial charge in [-0.1, -0.05) is 6.92 Å². The molecule has 5 heteroatoms. The van der Waals surface area contributed by atoms with Gasteiger partial charge in [-0.15, -0.1) is 0 Å². The van der Waals surface area contributed by atoms with Crippen LogP contribution >= 0.6 is 0 Å². The molecular formula is C20H21N3O2. The minimum absolute atomic E-state index is 0.0983. The molecule has 0 N–H and O–H groups in total. The van der Waals surface area contributed by atoms with Crippen LogP contribution in [0.2, 0.25) is 0 Å². The average molecular weight is 335 g/mol. The number of furan rings is 1. The van der Waals surface area contributed by atoms with E-state index in [1.807, 2.05) is 18.3 Å². The first-order valence-corrected chi connectivity index (χ1v) is 8.99. The largest absolute Gasteiger partial charge is 0.469 e. The minimum Gasteiger partial charge on any atom is -0.469 e. The Morgan fingerprint density at radius 1 is 1.32 bits per heavy atom. The fourth-order valence-corrected chi connectivity index (χ4v) is 4.21. The molecule has 0 bridgehead atoms. The second-order valence-electron chi connectivity index (χ2n) is 7.12. The lowest BCUT2D eigenvalue weighted by atomic mass is 9.88. The van der Waals surface area contributed by atoms with Crippen molar-refractivity contribution in [3.8, 4) is 17.0 Å². The Bertz CT molecular complexity index is 936. The SMILES string of the molecule is CCN1CCC[C@]2(Cc3cc(-c4coc5cccnc45)cnc3O2)C1. The van der Waals surface area contributed by atoms with Crippen LogP contribution in [-0.4, -0.2) is 40.1 Å². The van der Waals surface area contributed by atoms with Gasteiger partial charge in [-0.25, -0.2) is 4.98 Å². The van der Waals surface area contributed by atoms with Gasteiger partial charge >= 0.3 is 0 Å². The molecule has 0 aromatic carbocycles. The van der Waals surface area contributed by atoms with Gasteiger partial charge in [-0.05, 0) is 44.1 Å². The summed E-state index contributed by atoms with van der Waals surface area (Å²) in [5.74, 6) is 0.794. The van der Waals surface area contributed by atoms with Crippen LogP contribution in [0.15, 0.2) is 41.3 Å². The summed E-state index contributed by atoms with van der Waals surface area (Å²) in [6.07, 6.45) is 8.66. The van der Waals surface area contributed by atoms with Crippen molar-refractivity contribution in [2.24, 2.45) is 0 Å². The van der Waals surface area contributed by atoms with Crippen LogP contribution in [0.25, 0.3) is 22.2 Å². The second kappa shape index (κ2) is 5.56. The summed E-state index contributed by atoms with van der Waals surface area (Å²) in [6, 6.07) is 6.02. The maximum absolute atomic E-state index is 6.34. The number of fused-ring (bicyclic) bond motifs is 2. The van der Waals surface area contributed by atoms with E-state index in [0.717, 1.165) is 54.0 Å². The van der Waals surface area contributed by atoms with Gasteiger partial charge in [0.2, 0.25) is 5.88 Å². The maximum Gasteiger partial charge on any atom is 0.217 e. The second-order valence-corrected chi connectivity index (χ2v) is 7.12. The highest BCUT2D eigenvalue weighted by Crippen LogP contribution is 2.41. The Morgan fingerprint density at radius 2 is 2.28 bits per heavy atom. The highest BCUT2D eigenvalue weighted by atomic mass is 16.5. The zero-order chi connectivity index (χ0) is 16.9. The van der Waals surface area contributed by atoms with E-state index in [9.17, 15) is 0 Å². The van der Waals surface area contributed by atoms with Crippen LogP contribution in [0, 0.1) is 0 Å². The smallest absolute Gasteiger partial charge is 0.217 e. The van der Waals surface area contributed by atoms with Crippen molar-refractivity contribution in [2.75, 3.05) is 19.6 Å². The van der Waals surface area contributed by atoms with Gasteiger partial charge < -0.3 is 9.15 Å². The van der Waals surface area contributed by atoms with Gasteiger partial charge in [-0.2, -0.15) is 0 Å². The normalized spacial score (nSPS) is 23.1. The lowest BCUT2D eigenvalue weighted by Gasteiger charge is -2.38. The standard InChI is InChI=1S/C20H21N3O2/c1-2-23-8-4-6-20(13-23)10-14-9-15(11-22-19(14)25-20)16-12-24-17-5-3-7-21-18(16)17/h3,5,7,9,11-12H,2,4,6,8,10,13H2,1H3/t20-/m0/s1. The third-order valence-corrected chi connectivity index (χ3v) is 5.46. The molecule has 1 atom stereocenters. The van der Waals surface area contributed by atoms with Gasteiger partial charge in [0, 0.05) is 42.0 Å². The Morgan fingerprint density at radius 3 is 3.20 bits per heavy atom. The molecule has 5 rings (SSSR count). The van der Waals surface area contributed by atoms with E-state index in [4.69, 9.17) is 9.15 Å². The Kier molecular flexibility index (Phi) is 3.31. The molecule has 3 aromatic heterocycles. The first kappa shape index (κ1) is 14.9. The molecule has 1 spiro atoms. The van der Waals surface area contributed by atoms with Crippen molar-refractivity contribution >= 4 is 11.1 Å². The predicted molar refractivity (Wildman–Crippen MR) is 95.7 cm³/mol. The number of pyridine rings is 2. The molecule has 5 heterocycles. The topological polar surface area (TPSA) is 51.4 Å². The summed E-state index contributed by atoms with van der Waals surface area (Å²) in [5.41, 5.74) is 4.81.